The third-order valence-electron chi connectivity index (χ3n) is 16.2. The van der Waals surface area contributed by atoms with Crippen molar-refractivity contribution in [3.05, 3.63) is 240 Å². The molecule has 0 bridgehead atoms. The maximum Gasteiger partial charge on any atom is 0.136 e. The third kappa shape index (κ3) is 8.93. The van der Waals surface area contributed by atoms with E-state index in [0.29, 0.717) is 39.4 Å². The van der Waals surface area contributed by atoms with Crippen LogP contribution in [0.4, 0.5) is 34.1 Å². The van der Waals surface area contributed by atoms with Gasteiger partial charge in [0.25, 0.3) is 0 Å². The Balaban J connectivity index is 1.02. The first kappa shape index (κ1) is 51.0. The van der Waals surface area contributed by atoms with Gasteiger partial charge in [0.05, 0.1) is 27.8 Å². The van der Waals surface area contributed by atoms with Gasteiger partial charge in [0.1, 0.15) is 69.1 Å². The number of hydrogen-bond acceptors (Lipinski definition) is 8. The molecule has 15 rings (SSSR count). The minimum absolute atomic E-state index is 0.170. The average molecular weight is 1120 g/mol. The Bertz CT molecular complexity index is 4430. The summed E-state index contributed by atoms with van der Waals surface area (Å²) in [6.45, 7) is 15.5. The normalized spacial score (nSPS) is 12.3. The lowest BCUT2D eigenvalue weighted by Crippen LogP contribution is -2.15. The highest BCUT2D eigenvalue weighted by atomic mass is 35.5. The van der Waals surface area contributed by atoms with Gasteiger partial charge in [-0.05, 0) is 156 Å². The molecule has 8 nitrogen and oxygen atoms in total. The fraction of sp³-hybridized carbons (Fsp3) is 0.120. The molecule has 0 aliphatic rings. The van der Waals surface area contributed by atoms with Crippen molar-refractivity contribution >= 4 is 112 Å². The Morgan fingerprint density at radius 3 is 0.964 bits per heavy atom. The van der Waals surface area contributed by atoms with Crippen molar-refractivity contribution in [1.82, 2.24) is 0 Å². The summed E-state index contributed by atoms with van der Waals surface area (Å²) < 4.78 is 40.0. The zero-order valence-electron chi connectivity index (χ0n) is 47.5. The summed E-state index contributed by atoms with van der Waals surface area (Å²) in [5.74, 6) is 2.82. The monoisotopic (exact) mass is 1120 g/mol. The van der Waals surface area contributed by atoms with E-state index in [-0.39, 0.29) is 10.8 Å². The highest BCUT2D eigenvalue weighted by Crippen LogP contribution is 2.53. The molecule has 6 aromatic heterocycles. The van der Waals surface area contributed by atoms with Crippen LogP contribution in [0.25, 0.3) is 111 Å². The molecule has 9 heteroatoms. The maximum atomic E-state index is 8.44. The van der Waals surface area contributed by atoms with Gasteiger partial charge in [-0.15, -0.1) is 0 Å². The molecular formula is C75H57ClN2O6. The molecule has 0 fully saturated rings. The number of benzene rings is 9. The lowest BCUT2D eigenvalue weighted by molar-refractivity contribution is 0.589. The summed E-state index contributed by atoms with van der Waals surface area (Å²) in [4.78, 5) is 4.45. The summed E-state index contributed by atoms with van der Waals surface area (Å²) in [6.07, 6.45) is 3.69. The van der Waals surface area contributed by atoms with E-state index in [2.05, 4.69) is 192 Å². The molecule has 0 saturated heterocycles. The second kappa shape index (κ2) is 19.4. The molecule has 0 radical (unpaired) electrons. The molecule has 0 amide bonds. The quantitative estimate of drug-likeness (QED) is 0.134. The number of aryl methyl sites for hydroxylation is 1. The Labute approximate surface area is 490 Å². The smallest absolute Gasteiger partial charge is 0.136 e. The van der Waals surface area contributed by atoms with Crippen molar-refractivity contribution in [1.29, 1.82) is 0 Å². The van der Waals surface area contributed by atoms with Crippen LogP contribution < -0.4 is 9.80 Å². The van der Waals surface area contributed by atoms with Crippen molar-refractivity contribution in [2.24, 2.45) is 0 Å². The molecule has 0 N–H and O–H groups in total. The molecule has 6 heterocycles. The standard InChI is InChI=1S/C75H57ClN2O6/c1-44-28-59(77(61-42-79-67-26-24-53(40-57(61)67)74(2,3)4)55-32-49(69-36-45-16-8-12-20-63(45)81-69)30-50(33-55)70-37-46-17-9-13-21-64(46)82-70)73(76)60(29-44)78(62-43-80-68-27-25-54(41-58(62)68)75(5,6)7)56-34-51(71-38-47-18-10-14-22-65(47)83-71)31-52(35-56)72-39-48-19-11-15-23-66(48)84-72/h8-43H,1-7H3. The Kier molecular flexibility index (Phi) is 11.8. The van der Waals surface area contributed by atoms with Gasteiger partial charge in [0.2, 0.25) is 0 Å². The van der Waals surface area contributed by atoms with E-state index in [4.69, 9.17) is 38.1 Å². The van der Waals surface area contributed by atoms with Crippen LogP contribution >= 0.6 is 11.6 Å². The van der Waals surface area contributed by atoms with Crippen LogP contribution in [-0.4, -0.2) is 0 Å². The van der Waals surface area contributed by atoms with Crippen LogP contribution in [0.3, 0.4) is 0 Å². The highest BCUT2D eigenvalue weighted by molar-refractivity contribution is 6.37. The molecule has 0 aliphatic carbocycles. The SMILES string of the molecule is Cc1cc(N(c2cc(-c3cc4ccccc4o3)cc(-c3cc4ccccc4o3)c2)c2coc3ccc(C(C)(C)C)cc23)c(Cl)c(N(c2cc(-c3cc4ccccc4o3)cc(-c3cc4ccccc4o3)c2)c2coc3ccc(C(C)(C)C)cc23)c1. The summed E-state index contributed by atoms with van der Waals surface area (Å²) in [7, 11) is 0. The summed E-state index contributed by atoms with van der Waals surface area (Å²) in [6, 6.07) is 70.9. The number of halogens is 1. The van der Waals surface area contributed by atoms with Gasteiger partial charge < -0.3 is 36.3 Å². The number of rotatable bonds is 10. The summed E-state index contributed by atoms with van der Waals surface area (Å²) in [5.41, 5.74) is 15.5. The fourth-order valence-corrected chi connectivity index (χ4v) is 12.0. The van der Waals surface area contributed by atoms with E-state index in [0.717, 1.165) is 128 Å². The summed E-state index contributed by atoms with van der Waals surface area (Å²) >= 11 is 8.44. The van der Waals surface area contributed by atoms with Crippen LogP contribution in [0, 0.1) is 6.92 Å². The molecule has 0 saturated carbocycles. The van der Waals surface area contributed by atoms with E-state index in [1.807, 2.05) is 85.3 Å². The highest BCUT2D eigenvalue weighted by Gasteiger charge is 2.30. The maximum absolute atomic E-state index is 8.44. The van der Waals surface area contributed by atoms with Gasteiger partial charge in [-0.3, -0.25) is 0 Å². The number of furan rings is 6. The van der Waals surface area contributed by atoms with Crippen LogP contribution in [0.1, 0.15) is 58.2 Å². The molecule has 9 aromatic carbocycles. The number of fused-ring (bicyclic) bond motifs is 6. The second-order valence-electron chi connectivity index (χ2n) is 24.1. The third-order valence-corrected chi connectivity index (χ3v) is 16.6. The molecule has 0 atom stereocenters. The second-order valence-corrected chi connectivity index (χ2v) is 24.5. The molecule has 0 unspecified atom stereocenters. The minimum Gasteiger partial charge on any atom is -0.462 e. The van der Waals surface area contributed by atoms with Crippen LogP contribution in [0.5, 0.6) is 0 Å². The molecular weight excluding hydrogens is 1060 g/mol. The molecule has 84 heavy (non-hydrogen) atoms. The van der Waals surface area contributed by atoms with E-state index >= 15 is 0 Å². The number of anilines is 6. The average Bonchev–Trinajstić information content (AvgIpc) is 3.79. The number of para-hydroxylation sites is 4. The van der Waals surface area contributed by atoms with E-state index in [9.17, 15) is 0 Å². The minimum atomic E-state index is -0.170. The molecule has 15 aromatic rings. The van der Waals surface area contributed by atoms with E-state index in [1.54, 1.807) is 0 Å². The van der Waals surface area contributed by atoms with Gasteiger partial charge >= 0.3 is 0 Å². The first-order chi connectivity index (χ1) is 40.6. The molecule has 0 spiro atoms. The fourth-order valence-electron chi connectivity index (χ4n) is 11.7. The first-order valence-corrected chi connectivity index (χ1v) is 28.7. The Morgan fingerprint density at radius 2 is 0.655 bits per heavy atom. The van der Waals surface area contributed by atoms with Gasteiger partial charge in [0, 0.05) is 65.9 Å². The van der Waals surface area contributed by atoms with Crippen molar-refractivity contribution in [3.63, 3.8) is 0 Å². The zero-order chi connectivity index (χ0) is 57.2. The topological polar surface area (TPSA) is 85.3 Å². The zero-order valence-corrected chi connectivity index (χ0v) is 48.3. The van der Waals surface area contributed by atoms with Gasteiger partial charge in [-0.1, -0.05) is 138 Å². The van der Waals surface area contributed by atoms with Gasteiger partial charge in [-0.25, -0.2) is 0 Å². The number of nitrogens with zero attached hydrogens (tertiary/aromatic N) is 2. The molecule has 0 aliphatic heterocycles. The Hall–Kier alpha value is -9.89. The van der Waals surface area contributed by atoms with Crippen LogP contribution in [-0.2, 0) is 10.8 Å². The lowest BCUT2D eigenvalue weighted by atomic mass is 9.86. The summed E-state index contributed by atoms with van der Waals surface area (Å²) in [5, 5.41) is 6.28. The van der Waals surface area contributed by atoms with Crippen molar-refractivity contribution in [3.8, 4) is 45.3 Å². The van der Waals surface area contributed by atoms with E-state index < -0.39 is 0 Å². The lowest BCUT2D eigenvalue weighted by Gasteiger charge is -2.31. The first-order valence-electron chi connectivity index (χ1n) is 28.3. The van der Waals surface area contributed by atoms with Crippen LogP contribution in [0.15, 0.2) is 245 Å². The molecule has 410 valence electrons. The predicted molar refractivity (Wildman–Crippen MR) is 343 cm³/mol. The van der Waals surface area contributed by atoms with Gasteiger partial charge in [0.15, 0.2) is 0 Å². The van der Waals surface area contributed by atoms with E-state index in [1.165, 1.54) is 0 Å². The van der Waals surface area contributed by atoms with Gasteiger partial charge in [-0.2, -0.15) is 0 Å². The van der Waals surface area contributed by atoms with Crippen molar-refractivity contribution in [2.45, 2.75) is 59.3 Å². The Morgan fingerprint density at radius 1 is 0.333 bits per heavy atom. The van der Waals surface area contributed by atoms with Crippen molar-refractivity contribution < 1.29 is 26.5 Å². The number of hydrogen-bond donors (Lipinski definition) is 0. The van der Waals surface area contributed by atoms with Crippen LogP contribution in [0.2, 0.25) is 5.02 Å². The largest absolute Gasteiger partial charge is 0.462 e. The predicted octanol–water partition coefficient (Wildman–Crippen LogP) is 23.3. The van der Waals surface area contributed by atoms with Crippen molar-refractivity contribution in [2.75, 3.05) is 9.80 Å².